The molecular formula is C27H33F3N4O. The maximum atomic E-state index is 14.2. The molecule has 3 saturated heterocycles. The van der Waals surface area contributed by atoms with Crippen molar-refractivity contribution in [2.75, 3.05) is 32.0 Å². The molecule has 1 N–H and O–H groups in total. The van der Waals surface area contributed by atoms with Crippen LogP contribution in [0.5, 0.6) is 0 Å². The molecule has 4 heterocycles. The Morgan fingerprint density at radius 2 is 1.89 bits per heavy atom. The van der Waals surface area contributed by atoms with E-state index in [-0.39, 0.29) is 29.0 Å². The number of aromatic nitrogens is 1. The topological polar surface area (TPSA) is 48.5 Å². The van der Waals surface area contributed by atoms with E-state index in [9.17, 15) is 18.0 Å². The summed E-state index contributed by atoms with van der Waals surface area (Å²) in [4.78, 5) is 20.4. The van der Waals surface area contributed by atoms with Crippen molar-refractivity contribution in [3.05, 3.63) is 59.4 Å². The molecule has 3 aliphatic heterocycles. The highest BCUT2D eigenvalue weighted by Gasteiger charge is 2.49. The van der Waals surface area contributed by atoms with Crippen molar-refractivity contribution in [2.24, 2.45) is 11.8 Å². The molecule has 6 rings (SSSR count). The van der Waals surface area contributed by atoms with E-state index < -0.39 is 18.1 Å². The van der Waals surface area contributed by atoms with Crippen LogP contribution < -0.4 is 5.32 Å². The number of carbonyl (C=O) groups is 1. The summed E-state index contributed by atoms with van der Waals surface area (Å²) in [5, 5.41) is 3.48. The number of pyridine rings is 1. The monoisotopic (exact) mass is 486 g/mol. The average Bonchev–Trinajstić information content (AvgIpc) is 3.09. The molecule has 35 heavy (non-hydrogen) atoms. The van der Waals surface area contributed by atoms with Crippen molar-refractivity contribution < 1.29 is 18.0 Å². The zero-order chi connectivity index (χ0) is 25.0. The van der Waals surface area contributed by atoms with Gasteiger partial charge in [-0.25, -0.2) is 0 Å². The number of piperidine rings is 3. The minimum atomic E-state index is -4.62. The predicted molar refractivity (Wildman–Crippen MR) is 129 cm³/mol. The van der Waals surface area contributed by atoms with Gasteiger partial charge in [-0.3, -0.25) is 9.78 Å². The van der Waals surface area contributed by atoms with Gasteiger partial charge in [-0.2, -0.15) is 13.2 Å². The SMILES string of the molecule is CN(C(=O)C1CN2CCC1CC2)C(c1ccc(NC2Cc3ccccc3C2(C)C)cn1)C(F)(F)F. The molecule has 8 heteroatoms. The van der Waals surface area contributed by atoms with E-state index in [1.165, 1.54) is 30.4 Å². The predicted octanol–water partition coefficient (Wildman–Crippen LogP) is 4.80. The van der Waals surface area contributed by atoms with E-state index in [0.717, 1.165) is 37.3 Å². The first kappa shape index (κ1) is 24.1. The highest BCUT2D eigenvalue weighted by molar-refractivity contribution is 5.80. The fourth-order valence-electron chi connectivity index (χ4n) is 6.29. The van der Waals surface area contributed by atoms with Crippen LogP contribution in [-0.4, -0.2) is 59.6 Å². The lowest BCUT2D eigenvalue weighted by Gasteiger charge is -2.45. The molecular weight excluding hydrogens is 453 g/mol. The number of hydrogen-bond donors (Lipinski definition) is 1. The Morgan fingerprint density at radius 3 is 2.46 bits per heavy atom. The van der Waals surface area contributed by atoms with E-state index in [0.29, 0.717) is 12.2 Å². The van der Waals surface area contributed by atoms with E-state index in [2.05, 4.69) is 41.2 Å². The Morgan fingerprint density at radius 1 is 1.17 bits per heavy atom. The molecule has 0 radical (unpaired) electrons. The van der Waals surface area contributed by atoms with Crippen LogP contribution >= 0.6 is 0 Å². The van der Waals surface area contributed by atoms with Gasteiger partial charge in [0, 0.05) is 25.0 Å². The van der Waals surface area contributed by atoms with Gasteiger partial charge in [-0.15, -0.1) is 0 Å². The number of fused-ring (bicyclic) bond motifs is 4. The summed E-state index contributed by atoms with van der Waals surface area (Å²) >= 11 is 0. The maximum absolute atomic E-state index is 14.2. The van der Waals surface area contributed by atoms with Crippen molar-refractivity contribution in [3.8, 4) is 0 Å². The van der Waals surface area contributed by atoms with Gasteiger partial charge in [0.2, 0.25) is 5.91 Å². The van der Waals surface area contributed by atoms with Gasteiger partial charge >= 0.3 is 6.18 Å². The Balaban J connectivity index is 1.33. The van der Waals surface area contributed by atoms with Crippen LogP contribution in [-0.2, 0) is 16.6 Å². The molecule has 3 atom stereocenters. The standard InChI is InChI=1S/C27H33F3N4O/c1-26(2)21-7-5-4-6-18(21)14-23(26)32-19-8-9-22(31-15-19)24(27(28,29)30)33(3)25(35)20-16-34-12-10-17(20)11-13-34/h4-9,15,17,20,23-24,32H,10-14,16H2,1-3H3. The van der Waals surface area contributed by atoms with Crippen LogP contribution in [0.3, 0.4) is 0 Å². The van der Waals surface area contributed by atoms with Crippen molar-refractivity contribution >= 4 is 11.6 Å². The highest BCUT2D eigenvalue weighted by Crippen LogP contribution is 2.42. The Kier molecular flexibility index (Phi) is 6.06. The fraction of sp³-hybridized carbons (Fsp3) is 0.556. The van der Waals surface area contributed by atoms with Crippen molar-refractivity contribution in [1.82, 2.24) is 14.8 Å². The molecule has 5 nitrogen and oxygen atoms in total. The molecule has 4 aliphatic rings. The molecule has 188 valence electrons. The number of benzene rings is 1. The van der Waals surface area contributed by atoms with Gasteiger partial charge in [-0.05, 0) is 61.5 Å². The summed E-state index contributed by atoms with van der Waals surface area (Å²) in [7, 11) is 1.27. The number of alkyl halides is 3. The second-order valence-electron chi connectivity index (χ2n) is 10.9. The second kappa shape index (κ2) is 8.80. The smallest absolute Gasteiger partial charge is 0.380 e. The normalized spacial score (nSPS) is 27.8. The molecule has 3 fully saturated rings. The number of rotatable bonds is 5. The minimum Gasteiger partial charge on any atom is -0.380 e. The number of hydrogen-bond acceptors (Lipinski definition) is 4. The summed E-state index contributed by atoms with van der Waals surface area (Å²) in [6.07, 6.45) is -0.566. The van der Waals surface area contributed by atoms with Crippen LogP contribution in [0.4, 0.5) is 18.9 Å². The van der Waals surface area contributed by atoms with Crippen LogP contribution in [0.2, 0.25) is 0 Å². The Labute approximate surface area is 204 Å². The molecule has 2 aromatic rings. The molecule has 1 aliphatic carbocycles. The minimum absolute atomic E-state index is 0.104. The second-order valence-corrected chi connectivity index (χ2v) is 10.9. The fourth-order valence-corrected chi connectivity index (χ4v) is 6.29. The zero-order valence-corrected chi connectivity index (χ0v) is 20.5. The van der Waals surface area contributed by atoms with Crippen molar-refractivity contribution in [3.63, 3.8) is 0 Å². The number of nitrogens with one attached hydrogen (secondary N) is 1. The quantitative estimate of drug-likeness (QED) is 0.660. The van der Waals surface area contributed by atoms with Gasteiger partial charge < -0.3 is 15.1 Å². The average molecular weight is 487 g/mol. The van der Waals surface area contributed by atoms with Crippen molar-refractivity contribution in [2.45, 2.75) is 56.8 Å². The van der Waals surface area contributed by atoms with E-state index in [1.807, 2.05) is 12.1 Å². The summed E-state index contributed by atoms with van der Waals surface area (Å²) in [5.41, 5.74) is 2.96. The Bertz CT molecular complexity index is 1080. The molecule has 2 bridgehead atoms. The largest absolute Gasteiger partial charge is 0.414 e. The first-order chi connectivity index (χ1) is 16.6. The third-order valence-electron chi connectivity index (χ3n) is 8.43. The molecule has 1 aromatic carbocycles. The number of carbonyl (C=O) groups excluding carboxylic acids is 1. The van der Waals surface area contributed by atoms with Crippen LogP contribution in [0, 0.1) is 11.8 Å². The molecule has 3 unspecified atom stereocenters. The molecule has 0 spiro atoms. The first-order valence-corrected chi connectivity index (χ1v) is 12.4. The molecule has 1 aromatic heterocycles. The van der Waals surface area contributed by atoms with E-state index in [4.69, 9.17) is 0 Å². The van der Waals surface area contributed by atoms with Gasteiger partial charge in [0.05, 0.1) is 23.5 Å². The van der Waals surface area contributed by atoms with Crippen LogP contribution in [0.1, 0.15) is 49.6 Å². The summed E-state index contributed by atoms with van der Waals surface area (Å²) in [6, 6.07) is 9.40. The van der Waals surface area contributed by atoms with E-state index >= 15 is 0 Å². The highest BCUT2D eigenvalue weighted by atomic mass is 19.4. The Hall–Kier alpha value is -2.61. The van der Waals surface area contributed by atoms with Crippen LogP contribution in [0.25, 0.3) is 0 Å². The summed E-state index contributed by atoms with van der Waals surface area (Å²) in [6.45, 7) is 6.76. The zero-order valence-electron chi connectivity index (χ0n) is 20.5. The lowest BCUT2D eigenvalue weighted by atomic mass is 9.78. The lowest BCUT2D eigenvalue weighted by molar-refractivity contribution is -0.193. The van der Waals surface area contributed by atoms with Gasteiger partial charge in [0.15, 0.2) is 6.04 Å². The van der Waals surface area contributed by atoms with E-state index in [1.54, 1.807) is 6.07 Å². The molecule has 1 amide bonds. The number of anilines is 1. The van der Waals surface area contributed by atoms with Gasteiger partial charge in [0.1, 0.15) is 0 Å². The van der Waals surface area contributed by atoms with Gasteiger partial charge in [0.25, 0.3) is 0 Å². The number of amides is 1. The molecule has 0 saturated carbocycles. The summed E-state index contributed by atoms with van der Waals surface area (Å²) in [5.74, 6) is -0.641. The first-order valence-electron chi connectivity index (χ1n) is 12.4. The van der Waals surface area contributed by atoms with Crippen LogP contribution in [0.15, 0.2) is 42.6 Å². The summed E-state index contributed by atoms with van der Waals surface area (Å²) < 4.78 is 42.6. The van der Waals surface area contributed by atoms with Crippen molar-refractivity contribution in [1.29, 1.82) is 0 Å². The van der Waals surface area contributed by atoms with Gasteiger partial charge in [-0.1, -0.05) is 38.1 Å². The lowest BCUT2D eigenvalue weighted by Crippen LogP contribution is -2.54. The number of halogens is 3. The third kappa shape index (κ3) is 4.41. The third-order valence-corrected chi connectivity index (χ3v) is 8.43. The number of nitrogens with zero attached hydrogens (tertiary/aromatic N) is 3. The maximum Gasteiger partial charge on any atom is 0.414 e.